The van der Waals surface area contributed by atoms with Crippen molar-refractivity contribution < 1.29 is 9.53 Å². The molecule has 0 aliphatic rings. The smallest absolute Gasteiger partial charge is 0.266 e. The van der Waals surface area contributed by atoms with Crippen LogP contribution < -0.4 is 15.6 Å². The molecule has 0 aliphatic carbocycles. The molecule has 1 aromatic carbocycles. The Kier molecular flexibility index (Phi) is 4.89. The summed E-state index contributed by atoms with van der Waals surface area (Å²) in [5.41, 5.74) is 1.56. The lowest BCUT2D eigenvalue weighted by atomic mass is 10.1. The van der Waals surface area contributed by atoms with Gasteiger partial charge in [0.05, 0.1) is 7.11 Å². The number of methoxy groups -OCH3 is 1. The molecule has 0 spiro atoms. The van der Waals surface area contributed by atoms with E-state index < -0.39 is 11.5 Å². The Labute approximate surface area is 144 Å². The standard InChI is InChI=1S/C19H17N3O3/c1-25-15-8-10-21-18(23)17(15)19(24)22-16-12-14(7-9-20-16)11-13-5-3-2-4-6-13/h2-10,12H,11H2,1H3,(H,21,23)(H,20,22,24). The van der Waals surface area contributed by atoms with Crippen molar-refractivity contribution in [1.82, 2.24) is 9.97 Å². The summed E-state index contributed by atoms with van der Waals surface area (Å²) in [4.78, 5) is 31.0. The summed E-state index contributed by atoms with van der Waals surface area (Å²) in [7, 11) is 1.41. The van der Waals surface area contributed by atoms with Crippen molar-refractivity contribution >= 4 is 11.7 Å². The molecule has 25 heavy (non-hydrogen) atoms. The van der Waals surface area contributed by atoms with Gasteiger partial charge in [0, 0.05) is 12.4 Å². The van der Waals surface area contributed by atoms with E-state index in [1.54, 1.807) is 12.3 Å². The van der Waals surface area contributed by atoms with Crippen LogP contribution in [0.25, 0.3) is 0 Å². The van der Waals surface area contributed by atoms with Crippen LogP contribution in [0.1, 0.15) is 21.5 Å². The molecular weight excluding hydrogens is 318 g/mol. The number of aromatic nitrogens is 2. The molecule has 0 bridgehead atoms. The average Bonchev–Trinajstić information content (AvgIpc) is 2.62. The third-order valence-electron chi connectivity index (χ3n) is 3.69. The molecule has 0 saturated carbocycles. The van der Waals surface area contributed by atoms with Crippen LogP contribution in [-0.2, 0) is 6.42 Å². The molecule has 2 N–H and O–H groups in total. The number of aromatic amines is 1. The van der Waals surface area contributed by atoms with Crippen molar-refractivity contribution in [3.63, 3.8) is 0 Å². The Bertz CT molecular complexity index is 936. The lowest BCUT2D eigenvalue weighted by Crippen LogP contribution is -2.24. The van der Waals surface area contributed by atoms with Crippen molar-refractivity contribution in [3.05, 3.63) is 88.0 Å². The van der Waals surface area contributed by atoms with Crippen LogP contribution in [0, 0.1) is 0 Å². The third-order valence-corrected chi connectivity index (χ3v) is 3.69. The number of carbonyl (C=O) groups excluding carboxylic acids is 1. The Morgan fingerprint density at radius 2 is 1.96 bits per heavy atom. The van der Waals surface area contributed by atoms with Gasteiger partial charge in [0.2, 0.25) is 0 Å². The number of amides is 1. The molecule has 0 aliphatic heterocycles. The first-order valence-corrected chi connectivity index (χ1v) is 7.73. The van der Waals surface area contributed by atoms with Gasteiger partial charge >= 0.3 is 0 Å². The summed E-state index contributed by atoms with van der Waals surface area (Å²) < 4.78 is 5.09. The highest BCUT2D eigenvalue weighted by atomic mass is 16.5. The maximum absolute atomic E-state index is 12.4. The lowest BCUT2D eigenvalue weighted by Gasteiger charge is -2.09. The van der Waals surface area contributed by atoms with E-state index in [9.17, 15) is 9.59 Å². The number of pyridine rings is 2. The molecular formula is C19H17N3O3. The zero-order valence-corrected chi connectivity index (χ0v) is 13.7. The number of H-pyrrole nitrogens is 1. The maximum Gasteiger partial charge on any atom is 0.266 e. The minimum absolute atomic E-state index is 0.0831. The molecule has 6 heteroatoms. The lowest BCUT2D eigenvalue weighted by molar-refractivity contribution is 0.102. The second-order valence-corrected chi connectivity index (χ2v) is 5.42. The van der Waals surface area contributed by atoms with E-state index in [2.05, 4.69) is 15.3 Å². The molecule has 1 amide bonds. The minimum Gasteiger partial charge on any atom is -0.496 e. The van der Waals surface area contributed by atoms with Gasteiger partial charge in [-0.05, 0) is 35.7 Å². The number of carbonyl (C=O) groups is 1. The van der Waals surface area contributed by atoms with E-state index in [1.807, 2.05) is 36.4 Å². The molecule has 2 heterocycles. The topological polar surface area (TPSA) is 84.1 Å². The summed E-state index contributed by atoms with van der Waals surface area (Å²) in [6.07, 6.45) is 3.78. The van der Waals surface area contributed by atoms with Gasteiger partial charge < -0.3 is 15.0 Å². The van der Waals surface area contributed by atoms with Gasteiger partial charge in [-0.3, -0.25) is 9.59 Å². The van der Waals surface area contributed by atoms with Gasteiger partial charge in [0.1, 0.15) is 17.1 Å². The van der Waals surface area contributed by atoms with E-state index in [1.165, 1.54) is 19.4 Å². The number of anilines is 1. The fourth-order valence-corrected chi connectivity index (χ4v) is 2.51. The fraction of sp³-hybridized carbons (Fsp3) is 0.105. The van der Waals surface area contributed by atoms with Gasteiger partial charge in [0.25, 0.3) is 11.5 Å². The molecule has 0 radical (unpaired) electrons. The van der Waals surface area contributed by atoms with Crippen LogP contribution in [0.5, 0.6) is 5.75 Å². The van der Waals surface area contributed by atoms with Gasteiger partial charge in [-0.25, -0.2) is 4.98 Å². The third kappa shape index (κ3) is 3.92. The van der Waals surface area contributed by atoms with Crippen LogP contribution in [0.4, 0.5) is 5.82 Å². The molecule has 2 aromatic heterocycles. The predicted molar refractivity (Wildman–Crippen MR) is 95.1 cm³/mol. The second-order valence-electron chi connectivity index (χ2n) is 5.42. The van der Waals surface area contributed by atoms with E-state index in [-0.39, 0.29) is 11.3 Å². The molecule has 3 aromatic rings. The van der Waals surface area contributed by atoms with Gasteiger partial charge in [-0.15, -0.1) is 0 Å². The number of benzene rings is 1. The van der Waals surface area contributed by atoms with Crippen molar-refractivity contribution in [1.29, 1.82) is 0 Å². The van der Waals surface area contributed by atoms with Gasteiger partial charge in [-0.2, -0.15) is 0 Å². The molecule has 126 valence electrons. The highest BCUT2D eigenvalue weighted by molar-refractivity contribution is 6.05. The first kappa shape index (κ1) is 16.4. The van der Waals surface area contributed by atoms with Crippen molar-refractivity contribution in [2.75, 3.05) is 12.4 Å². The Balaban J connectivity index is 1.81. The Morgan fingerprint density at radius 3 is 2.72 bits per heavy atom. The minimum atomic E-state index is -0.567. The van der Waals surface area contributed by atoms with Crippen molar-refractivity contribution in [2.24, 2.45) is 0 Å². The first-order chi connectivity index (χ1) is 12.2. The summed E-state index contributed by atoms with van der Waals surface area (Å²) in [6, 6.07) is 15.2. The summed E-state index contributed by atoms with van der Waals surface area (Å²) >= 11 is 0. The highest BCUT2D eigenvalue weighted by Gasteiger charge is 2.17. The van der Waals surface area contributed by atoms with Crippen LogP contribution in [0.3, 0.4) is 0 Å². The fourth-order valence-electron chi connectivity index (χ4n) is 2.51. The number of nitrogens with one attached hydrogen (secondary N) is 2. The number of ether oxygens (including phenoxy) is 1. The van der Waals surface area contributed by atoms with E-state index in [0.29, 0.717) is 5.82 Å². The van der Waals surface area contributed by atoms with E-state index in [4.69, 9.17) is 4.74 Å². The average molecular weight is 335 g/mol. The maximum atomic E-state index is 12.4. The second kappa shape index (κ2) is 7.44. The quantitative estimate of drug-likeness (QED) is 0.751. The monoisotopic (exact) mass is 335 g/mol. The normalized spacial score (nSPS) is 10.3. The molecule has 0 unspecified atom stereocenters. The van der Waals surface area contributed by atoms with Crippen LogP contribution in [-0.4, -0.2) is 23.0 Å². The molecule has 3 rings (SSSR count). The van der Waals surface area contributed by atoms with Crippen LogP contribution >= 0.6 is 0 Å². The van der Waals surface area contributed by atoms with Crippen molar-refractivity contribution in [2.45, 2.75) is 6.42 Å². The van der Waals surface area contributed by atoms with Crippen molar-refractivity contribution in [3.8, 4) is 5.75 Å². The zero-order chi connectivity index (χ0) is 17.6. The largest absolute Gasteiger partial charge is 0.496 e. The first-order valence-electron chi connectivity index (χ1n) is 7.73. The molecule has 0 saturated heterocycles. The van der Waals surface area contributed by atoms with E-state index in [0.717, 1.165) is 17.5 Å². The SMILES string of the molecule is COc1cc[nH]c(=O)c1C(=O)Nc1cc(Cc2ccccc2)ccn1. The Hall–Kier alpha value is -3.41. The van der Waals surface area contributed by atoms with Gasteiger partial charge in [-0.1, -0.05) is 30.3 Å². The number of hydrogen-bond donors (Lipinski definition) is 2. The predicted octanol–water partition coefficient (Wildman–Crippen LogP) is 2.62. The summed E-state index contributed by atoms with van der Waals surface area (Å²) in [6.45, 7) is 0. The van der Waals surface area contributed by atoms with Crippen LogP contribution in [0.15, 0.2) is 65.7 Å². The van der Waals surface area contributed by atoms with Gasteiger partial charge in [0.15, 0.2) is 0 Å². The number of hydrogen-bond acceptors (Lipinski definition) is 4. The van der Waals surface area contributed by atoms with Crippen LogP contribution in [0.2, 0.25) is 0 Å². The Morgan fingerprint density at radius 1 is 1.16 bits per heavy atom. The number of nitrogens with zero attached hydrogens (tertiary/aromatic N) is 1. The number of rotatable bonds is 5. The highest BCUT2D eigenvalue weighted by Crippen LogP contribution is 2.16. The zero-order valence-electron chi connectivity index (χ0n) is 13.7. The molecule has 6 nitrogen and oxygen atoms in total. The molecule has 0 fully saturated rings. The van der Waals surface area contributed by atoms with E-state index >= 15 is 0 Å². The summed E-state index contributed by atoms with van der Waals surface area (Å²) in [5.74, 6) is 0.0217. The molecule has 0 atom stereocenters. The summed E-state index contributed by atoms with van der Waals surface area (Å²) in [5, 5.41) is 2.65.